The maximum Gasteiger partial charge on any atom is 0.0752 e. The van der Waals surface area contributed by atoms with Gasteiger partial charge in [-0.25, -0.2) is 0 Å². The monoisotopic (exact) mass is 168 g/mol. The summed E-state index contributed by atoms with van der Waals surface area (Å²) in [5.74, 6) is 0.600. The molecule has 1 N–H and O–H groups in total. The molecule has 1 nitrogen and oxygen atoms in total. The van der Waals surface area contributed by atoms with Gasteiger partial charge in [-0.3, -0.25) is 0 Å². The third kappa shape index (κ3) is 2.98. The molecule has 1 aliphatic rings. The van der Waals surface area contributed by atoms with E-state index < -0.39 is 0 Å². The van der Waals surface area contributed by atoms with Gasteiger partial charge in [0.15, 0.2) is 0 Å². The van der Waals surface area contributed by atoms with Gasteiger partial charge in [0.05, 0.1) is 6.10 Å². The van der Waals surface area contributed by atoms with Gasteiger partial charge in [0.1, 0.15) is 0 Å². The second-order valence-electron chi connectivity index (χ2n) is 4.17. The Hall–Kier alpha value is -0.300. The molecule has 1 heteroatoms. The van der Waals surface area contributed by atoms with Gasteiger partial charge in [-0.2, -0.15) is 0 Å². The minimum atomic E-state index is -0.162. The molecule has 0 amide bonds. The fraction of sp³-hybridized carbons (Fsp3) is 0.818. The molecular formula is C11H20O. The van der Waals surface area contributed by atoms with E-state index in [4.69, 9.17) is 0 Å². The summed E-state index contributed by atoms with van der Waals surface area (Å²) in [6.45, 7) is 4.32. The van der Waals surface area contributed by atoms with Crippen molar-refractivity contribution in [3.8, 4) is 0 Å². The van der Waals surface area contributed by atoms with Gasteiger partial charge >= 0.3 is 0 Å². The summed E-state index contributed by atoms with van der Waals surface area (Å²) in [6, 6.07) is 0. The van der Waals surface area contributed by atoms with Gasteiger partial charge in [-0.05, 0) is 43.6 Å². The van der Waals surface area contributed by atoms with E-state index in [1.165, 1.54) is 24.8 Å². The molecule has 1 unspecified atom stereocenters. The summed E-state index contributed by atoms with van der Waals surface area (Å²) in [7, 11) is 0. The summed E-state index contributed by atoms with van der Waals surface area (Å²) in [4.78, 5) is 0. The average Bonchev–Trinajstić information content (AvgIpc) is 2.05. The topological polar surface area (TPSA) is 20.2 Å². The molecule has 0 heterocycles. The Labute approximate surface area is 75.5 Å². The smallest absolute Gasteiger partial charge is 0.0752 e. The molecule has 1 rings (SSSR count). The van der Waals surface area contributed by atoms with Gasteiger partial charge < -0.3 is 5.11 Å². The van der Waals surface area contributed by atoms with Crippen LogP contribution in [0.1, 0.15) is 46.0 Å². The third-order valence-electron chi connectivity index (χ3n) is 2.45. The summed E-state index contributed by atoms with van der Waals surface area (Å²) in [5, 5.41) is 9.78. The van der Waals surface area contributed by atoms with Gasteiger partial charge in [0.25, 0.3) is 0 Å². The number of hydrogen-bond donors (Lipinski definition) is 1. The van der Waals surface area contributed by atoms with Crippen molar-refractivity contribution in [3.05, 3.63) is 11.6 Å². The van der Waals surface area contributed by atoms with Crippen molar-refractivity contribution in [2.75, 3.05) is 0 Å². The van der Waals surface area contributed by atoms with E-state index in [2.05, 4.69) is 19.9 Å². The highest BCUT2D eigenvalue weighted by Crippen LogP contribution is 2.23. The fourth-order valence-corrected chi connectivity index (χ4v) is 1.76. The molecule has 0 spiro atoms. The number of aliphatic hydroxyl groups excluding tert-OH is 1. The number of hydrogen-bond acceptors (Lipinski definition) is 1. The highest BCUT2D eigenvalue weighted by Gasteiger charge is 2.13. The summed E-state index contributed by atoms with van der Waals surface area (Å²) < 4.78 is 0. The second kappa shape index (κ2) is 4.66. The maximum atomic E-state index is 9.78. The number of aliphatic hydroxyl groups is 1. The van der Waals surface area contributed by atoms with E-state index >= 15 is 0 Å². The van der Waals surface area contributed by atoms with Crippen LogP contribution >= 0.6 is 0 Å². The third-order valence-corrected chi connectivity index (χ3v) is 2.45. The van der Waals surface area contributed by atoms with E-state index in [9.17, 15) is 5.11 Å². The van der Waals surface area contributed by atoms with Crippen LogP contribution in [-0.2, 0) is 0 Å². The largest absolute Gasteiger partial charge is 0.389 e. The predicted molar refractivity (Wildman–Crippen MR) is 52.0 cm³/mol. The van der Waals surface area contributed by atoms with Crippen LogP contribution in [0.4, 0.5) is 0 Å². The molecule has 70 valence electrons. The Morgan fingerprint density at radius 3 is 2.67 bits per heavy atom. The SMILES string of the molecule is CC(C)CC(O)C1=CCCCC1. The van der Waals surface area contributed by atoms with Gasteiger partial charge in [-0.15, -0.1) is 0 Å². The lowest BCUT2D eigenvalue weighted by molar-refractivity contribution is 0.177. The van der Waals surface area contributed by atoms with Crippen LogP contribution in [0.25, 0.3) is 0 Å². The number of allylic oxidation sites excluding steroid dienone is 1. The molecule has 0 aromatic heterocycles. The van der Waals surface area contributed by atoms with E-state index in [1.54, 1.807) is 0 Å². The first-order valence-corrected chi connectivity index (χ1v) is 5.07. The van der Waals surface area contributed by atoms with E-state index in [1.807, 2.05) is 0 Å². The van der Waals surface area contributed by atoms with Crippen molar-refractivity contribution in [2.45, 2.75) is 52.1 Å². The first-order chi connectivity index (χ1) is 5.70. The first kappa shape index (κ1) is 9.79. The van der Waals surface area contributed by atoms with Crippen LogP contribution in [0.15, 0.2) is 11.6 Å². The molecule has 0 aromatic rings. The first-order valence-electron chi connectivity index (χ1n) is 5.07. The van der Waals surface area contributed by atoms with Crippen molar-refractivity contribution < 1.29 is 5.11 Å². The molecule has 0 bridgehead atoms. The van der Waals surface area contributed by atoms with Crippen molar-refractivity contribution in [3.63, 3.8) is 0 Å². The molecule has 0 aliphatic heterocycles. The molecule has 0 aromatic carbocycles. The fourth-order valence-electron chi connectivity index (χ4n) is 1.76. The molecule has 0 radical (unpaired) electrons. The molecule has 0 fully saturated rings. The van der Waals surface area contributed by atoms with Crippen molar-refractivity contribution in [1.29, 1.82) is 0 Å². The molecular weight excluding hydrogens is 148 g/mol. The number of rotatable bonds is 3. The van der Waals surface area contributed by atoms with Crippen LogP contribution in [0, 0.1) is 5.92 Å². The van der Waals surface area contributed by atoms with Crippen LogP contribution in [0.2, 0.25) is 0 Å². The molecule has 0 saturated heterocycles. The zero-order valence-electron chi connectivity index (χ0n) is 8.21. The summed E-state index contributed by atoms with van der Waals surface area (Å²) in [6.07, 6.45) is 7.85. The standard InChI is InChI=1S/C11H20O/c1-9(2)8-11(12)10-6-4-3-5-7-10/h6,9,11-12H,3-5,7-8H2,1-2H3. The highest BCUT2D eigenvalue weighted by molar-refractivity contribution is 5.10. The zero-order valence-corrected chi connectivity index (χ0v) is 8.21. The molecule has 1 aliphatic carbocycles. The minimum Gasteiger partial charge on any atom is -0.389 e. The normalized spacial score (nSPS) is 20.8. The quantitative estimate of drug-likeness (QED) is 0.642. The van der Waals surface area contributed by atoms with Gasteiger partial charge in [0, 0.05) is 0 Å². The predicted octanol–water partition coefficient (Wildman–Crippen LogP) is 2.89. The van der Waals surface area contributed by atoms with Crippen LogP contribution in [-0.4, -0.2) is 11.2 Å². The van der Waals surface area contributed by atoms with Crippen LogP contribution < -0.4 is 0 Å². The Bertz CT molecular complexity index is 158. The summed E-state index contributed by atoms with van der Waals surface area (Å²) in [5.41, 5.74) is 1.29. The van der Waals surface area contributed by atoms with Crippen molar-refractivity contribution in [1.82, 2.24) is 0 Å². The van der Waals surface area contributed by atoms with Crippen LogP contribution in [0.5, 0.6) is 0 Å². The Balaban J connectivity index is 2.39. The Morgan fingerprint density at radius 1 is 1.42 bits per heavy atom. The Morgan fingerprint density at radius 2 is 2.17 bits per heavy atom. The molecule has 0 saturated carbocycles. The van der Waals surface area contributed by atoms with Crippen LogP contribution in [0.3, 0.4) is 0 Å². The average molecular weight is 168 g/mol. The molecule has 12 heavy (non-hydrogen) atoms. The van der Waals surface area contributed by atoms with Crippen molar-refractivity contribution in [2.24, 2.45) is 5.92 Å². The minimum absolute atomic E-state index is 0.162. The van der Waals surface area contributed by atoms with Gasteiger partial charge in [0.2, 0.25) is 0 Å². The zero-order chi connectivity index (χ0) is 8.97. The van der Waals surface area contributed by atoms with E-state index in [-0.39, 0.29) is 6.10 Å². The molecule has 1 atom stereocenters. The van der Waals surface area contributed by atoms with Gasteiger partial charge in [-0.1, -0.05) is 19.9 Å². The van der Waals surface area contributed by atoms with Crippen molar-refractivity contribution >= 4 is 0 Å². The van der Waals surface area contributed by atoms with E-state index in [0.717, 1.165) is 12.8 Å². The lowest BCUT2D eigenvalue weighted by atomic mass is 9.91. The maximum absolute atomic E-state index is 9.78. The van der Waals surface area contributed by atoms with E-state index in [0.29, 0.717) is 5.92 Å². The summed E-state index contributed by atoms with van der Waals surface area (Å²) >= 11 is 0. The highest BCUT2D eigenvalue weighted by atomic mass is 16.3. The second-order valence-corrected chi connectivity index (χ2v) is 4.17. The lowest BCUT2D eigenvalue weighted by Gasteiger charge is -2.19. The Kier molecular flexibility index (Phi) is 3.80. The lowest BCUT2D eigenvalue weighted by Crippen LogP contribution is -2.14.